The van der Waals surface area contributed by atoms with Crippen LogP contribution in [0.5, 0.6) is 0 Å². The van der Waals surface area contributed by atoms with E-state index in [9.17, 15) is 18.0 Å². The number of carboxylic acids is 1. The number of anilines is 1. The third-order valence-electron chi connectivity index (χ3n) is 2.90. The molecule has 1 aromatic carbocycles. The van der Waals surface area contributed by atoms with Crippen molar-refractivity contribution in [1.82, 2.24) is 4.72 Å². The minimum Gasteiger partial charge on any atom is -0.478 e. The first kappa shape index (κ1) is 16.9. The summed E-state index contributed by atoms with van der Waals surface area (Å²) in [7, 11) is -4.14. The highest BCUT2D eigenvalue weighted by molar-refractivity contribution is 7.89. The summed E-state index contributed by atoms with van der Waals surface area (Å²) in [5.74, 6) is -2.08. The Morgan fingerprint density at radius 1 is 1.33 bits per heavy atom. The first-order chi connectivity index (χ1) is 9.47. The lowest BCUT2D eigenvalue weighted by atomic mass is 9.93. The molecule has 0 atom stereocenters. The Balaban J connectivity index is 3.17. The molecule has 21 heavy (non-hydrogen) atoms. The molecule has 116 valence electrons. The minimum absolute atomic E-state index is 0.106. The molecule has 0 spiro atoms. The van der Waals surface area contributed by atoms with Crippen LogP contribution in [0.3, 0.4) is 0 Å². The summed E-state index contributed by atoms with van der Waals surface area (Å²) in [5.41, 5.74) is 9.23. The maximum atomic E-state index is 12.2. The average Bonchev–Trinajstić information content (AvgIpc) is 2.36. The zero-order valence-electron chi connectivity index (χ0n) is 11.6. The topological polar surface area (TPSA) is 153 Å². The van der Waals surface area contributed by atoms with Crippen LogP contribution < -0.4 is 16.2 Å². The molecule has 1 rings (SSSR count). The van der Waals surface area contributed by atoms with E-state index < -0.39 is 37.8 Å². The van der Waals surface area contributed by atoms with Gasteiger partial charge in [0.15, 0.2) is 0 Å². The van der Waals surface area contributed by atoms with Crippen LogP contribution in [0.1, 0.15) is 24.2 Å². The van der Waals surface area contributed by atoms with Crippen LogP contribution in [0, 0.1) is 5.41 Å². The molecular weight excluding hydrogens is 298 g/mol. The number of carbonyl (C=O) groups excluding carboxylic acids is 1. The van der Waals surface area contributed by atoms with Gasteiger partial charge < -0.3 is 16.6 Å². The minimum atomic E-state index is -4.14. The van der Waals surface area contributed by atoms with Crippen LogP contribution in [-0.2, 0) is 14.8 Å². The normalized spacial score (nSPS) is 12.1. The number of nitrogens with two attached hydrogens (primary N) is 2. The largest absolute Gasteiger partial charge is 0.478 e. The van der Waals surface area contributed by atoms with Crippen molar-refractivity contribution in [3.63, 3.8) is 0 Å². The first-order valence-electron chi connectivity index (χ1n) is 5.90. The second-order valence-electron chi connectivity index (χ2n) is 5.13. The van der Waals surface area contributed by atoms with Crippen molar-refractivity contribution in [2.45, 2.75) is 18.7 Å². The fourth-order valence-electron chi connectivity index (χ4n) is 1.38. The van der Waals surface area contributed by atoms with E-state index in [1.165, 1.54) is 19.9 Å². The molecule has 0 aliphatic carbocycles. The van der Waals surface area contributed by atoms with Crippen molar-refractivity contribution in [3.05, 3.63) is 23.8 Å². The molecule has 0 aromatic heterocycles. The van der Waals surface area contributed by atoms with E-state index in [4.69, 9.17) is 16.6 Å². The fourth-order valence-corrected chi connectivity index (χ4v) is 2.82. The summed E-state index contributed by atoms with van der Waals surface area (Å²) in [6.45, 7) is 2.67. The summed E-state index contributed by atoms with van der Waals surface area (Å²) in [5, 5.41) is 9.03. The Labute approximate surface area is 122 Å². The molecule has 0 saturated heterocycles. The second kappa shape index (κ2) is 5.70. The molecule has 0 fully saturated rings. The van der Waals surface area contributed by atoms with Crippen molar-refractivity contribution in [2.24, 2.45) is 11.1 Å². The number of hydrogen-bond donors (Lipinski definition) is 4. The first-order valence-corrected chi connectivity index (χ1v) is 7.38. The van der Waals surface area contributed by atoms with E-state index in [0.29, 0.717) is 0 Å². The maximum Gasteiger partial charge on any atom is 0.337 e. The number of aromatic carboxylic acids is 1. The van der Waals surface area contributed by atoms with E-state index in [1.807, 2.05) is 0 Å². The van der Waals surface area contributed by atoms with Crippen molar-refractivity contribution >= 4 is 27.6 Å². The fraction of sp³-hybridized carbons (Fsp3) is 0.333. The van der Waals surface area contributed by atoms with Gasteiger partial charge in [-0.25, -0.2) is 17.9 Å². The van der Waals surface area contributed by atoms with Gasteiger partial charge in [-0.15, -0.1) is 0 Å². The summed E-state index contributed by atoms with van der Waals surface area (Å²) >= 11 is 0. The Hall–Kier alpha value is -2.13. The van der Waals surface area contributed by atoms with Crippen LogP contribution in [-0.4, -0.2) is 31.9 Å². The highest BCUT2D eigenvalue weighted by Crippen LogP contribution is 2.20. The van der Waals surface area contributed by atoms with Crippen molar-refractivity contribution < 1.29 is 23.1 Å². The molecule has 0 aliphatic heterocycles. The third kappa shape index (κ3) is 3.92. The van der Waals surface area contributed by atoms with E-state index >= 15 is 0 Å². The van der Waals surface area contributed by atoms with Crippen molar-refractivity contribution in [3.8, 4) is 0 Å². The molecule has 8 nitrogen and oxygen atoms in total. The average molecular weight is 315 g/mol. The number of rotatable bonds is 6. The van der Waals surface area contributed by atoms with Gasteiger partial charge in [-0.05, 0) is 32.0 Å². The summed E-state index contributed by atoms with van der Waals surface area (Å²) in [6, 6.07) is 3.43. The summed E-state index contributed by atoms with van der Waals surface area (Å²) in [6.07, 6.45) is 0. The Bertz CT molecular complexity index is 682. The van der Waals surface area contributed by atoms with Gasteiger partial charge in [0.2, 0.25) is 15.9 Å². The van der Waals surface area contributed by atoms with Crippen LogP contribution in [0.2, 0.25) is 0 Å². The van der Waals surface area contributed by atoms with Gasteiger partial charge in [0.05, 0.1) is 15.9 Å². The molecule has 0 bridgehead atoms. The number of benzene rings is 1. The lowest BCUT2D eigenvalue weighted by Gasteiger charge is -2.21. The van der Waals surface area contributed by atoms with E-state index in [0.717, 1.165) is 12.1 Å². The Morgan fingerprint density at radius 2 is 1.90 bits per heavy atom. The van der Waals surface area contributed by atoms with Crippen LogP contribution in [0.15, 0.2) is 23.1 Å². The molecule has 9 heteroatoms. The molecule has 1 amide bonds. The van der Waals surface area contributed by atoms with Gasteiger partial charge in [-0.1, -0.05) is 0 Å². The molecule has 1 aromatic rings. The SMILES string of the molecule is CC(C)(CNS(=O)(=O)c1cc(N)ccc1C(=O)O)C(N)=O. The van der Waals surface area contributed by atoms with Crippen LogP contribution in [0.25, 0.3) is 0 Å². The predicted molar refractivity (Wildman–Crippen MR) is 76.0 cm³/mol. The molecule has 0 aliphatic rings. The van der Waals surface area contributed by atoms with Gasteiger partial charge in [0.25, 0.3) is 0 Å². The molecule has 6 N–H and O–H groups in total. The van der Waals surface area contributed by atoms with Crippen LogP contribution in [0.4, 0.5) is 5.69 Å². The number of hydrogen-bond acceptors (Lipinski definition) is 5. The molecule has 0 radical (unpaired) electrons. The van der Waals surface area contributed by atoms with E-state index in [-0.39, 0.29) is 12.2 Å². The number of nitrogen functional groups attached to an aromatic ring is 1. The number of nitrogens with one attached hydrogen (secondary N) is 1. The van der Waals surface area contributed by atoms with Gasteiger partial charge in [0, 0.05) is 12.2 Å². The zero-order valence-corrected chi connectivity index (χ0v) is 12.4. The zero-order chi connectivity index (χ0) is 16.4. The number of carboxylic acid groups (broad SMARTS) is 1. The van der Waals surface area contributed by atoms with Crippen LogP contribution >= 0.6 is 0 Å². The Morgan fingerprint density at radius 3 is 2.38 bits per heavy atom. The van der Waals surface area contributed by atoms with Gasteiger partial charge in [0.1, 0.15) is 0 Å². The number of sulfonamides is 1. The summed E-state index contributed by atoms with van der Waals surface area (Å²) in [4.78, 5) is 21.8. The van der Waals surface area contributed by atoms with E-state index in [1.54, 1.807) is 0 Å². The summed E-state index contributed by atoms with van der Waals surface area (Å²) < 4.78 is 26.6. The maximum absolute atomic E-state index is 12.2. The van der Waals surface area contributed by atoms with Crippen molar-refractivity contribution in [2.75, 3.05) is 12.3 Å². The molecule has 0 unspecified atom stereocenters. The van der Waals surface area contributed by atoms with Crippen molar-refractivity contribution in [1.29, 1.82) is 0 Å². The van der Waals surface area contributed by atoms with Gasteiger partial charge in [-0.2, -0.15) is 0 Å². The van der Waals surface area contributed by atoms with Gasteiger partial charge >= 0.3 is 5.97 Å². The highest BCUT2D eigenvalue weighted by atomic mass is 32.2. The third-order valence-corrected chi connectivity index (χ3v) is 4.34. The lowest BCUT2D eigenvalue weighted by molar-refractivity contribution is -0.125. The monoisotopic (exact) mass is 315 g/mol. The predicted octanol–water partition coefficient (Wildman–Crippen LogP) is -0.243. The number of amides is 1. The quantitative estimate of drug-likeness (QED) is 0.531. The number of primary amides is 1. The Kier molecular flexibility index (Phi) is 4.59. The van der Waals surface area contributed by atoms with E-state index in [2.05, 4.69) is 4.72 Å². The van der Waals surface area contributed by atoms with Gasteiger partial charge in [-0.3, -0.25) is 4.79 Å². The lowest BCUT2D eigenvalue weighted by Crippen LogP contribution is -2.42. The second-order valence-corrected chi connectivity index (χ2v) is 6.87. The molecular formula is C12H17N3O5S. The molecule has 0 heterocycles. The highest BCUT2D eigenvalue weighted by Gasteiger charge is 2.29. The standard InChI is InChI=1S/C12H17N3O5S/c1-12(2,11(14)18)6-15-21(19,20)9-5-7(13)3-4-8(9)10(16)17/h3-5,15H,6,13H2,1-2H3,(H2,14,18)(H,16,17). The number of carbonyl (C=O) groups is 2. The molecule has 0 saturated carbocycles. The smallest absolute Gasteiger partial charge is 0.337 e.